The summed E-state index contributed by atoms with van der Waals surface area (Å²) in [5.41, 5.74) is 5.42. The summed E-state index contributed by atoms with van der Waals surface area (Å²) in [6.07, 6.45) is 0.0413. The first-order chi connectivity index (χ1) is 6.02. The predicted molar refractivity (Wildman–Crippen MR) is 47.1 cm³/mol. The Balaban J connectivity index is 3.10. The molecule has 0 heterocycles. The molecule has 1 rings (SSSR count). The number of nitrogens with one attached hydrogen (secondary N) is 1. The number of nitrogens with two attached hydrogens (primary N) is 1. The molecule has 0 aliphatic carbocycles. The van der Waals surface area contributed by atoms with Gasteiger partial charge in [-0.25, -0.2) is 0 Å². The van der Waals surface area contributed by atoms with E-state index in [9.17, 15) is 5.11 Å². The minimum Gasteiger partial charge on any atom is -0.504 e. The van der Waals surface area contributed by atoms with E-state index in [0.29, 0.717) is 5.56 Å². The number of amidine groups is 1. The highest BCUT2D eigenvalue weighted by Crippen LogP contribution is 2.36. The highest BCUT2D eigenvalue weighted by atomic mass is 16.3. The first-order valence-corrected chi connectivity index (χ1v) is 3.58. The molecule has 0 bridgehead atoms. The molecule has 0 aliphatic rings. The molecule has 0 aliphatic heterocycles. The quantitative estimate of drug-likeness (QED) is 0.257. The van der Waals surface area contributed by atoms with E-state index < -0.39 is 17.2 Å². The summed E-state index contributed by atoms with van der Waals surface area (Å²) in [7, 11) is 0. The van der Waals surface area contributed by atoms with E-state index in [1.165, 1.54) is 12.1 Å². The zero-order chi connectivity index (χ0) is 10.0. The summed E-state index contributed by atoms with van der Waals surface area (Å²) in [5.74, 6) is -1.54. The highest BCUT2D eigenvalue weighted by Gasteiger charge is 2.10. The van der Waals surface area contributed by atoms with Crippen LogP contribution >= 0.6 is 0 Å². The van der Waals surface area contributed by atoms with Crippen LogP contribution in [0.1, 0.15) is 5.56 Å². The summed E-state index contributed by atoms with van der Waals surface area (Å²) >= 11 is 0. The van der Waals surface area contributed by atoms with Crippen molar-refractivity contribution in [3.05, 3.63) is 17.7 Å². The molecule has 0 atom stereocenters. The van der Waals surface area contributed by atoms with Gasteiger partial charge in [0.1, 0.15) is 0 Å². The smallest absolute Gasteiger partial charge is 0.200 e. The second-order valence-corrected chi connectivity index (χ2v) is 2.64. The number of benzene rings is 1. The topological polar surface area (TPSA) is 111 Å². The number of rotatable bonds is 2. The molecular weight excluding hydrogens is 172 g/mol. The van der Waals surface area contributed by atoms with Gasteiger partial charge < -0.3 is 21.1 Å². The molecule has 70 valence electrons. The van der Waals surface area contributed by atoms with Gasteiger partial charge >= 0.3 is 0 Å². The van der Waals surface area contributed by atoms with Gasteiger partial charge in [0.15, 0.2) is 11.5 Å². The van der Waals surface area contributed by atoms with E-state index in [0.717, 1.165) is 0 Å². The number of hydrogen-bond acceptors (Lipinski definition) is 4. The van der Waals surface area contributed by atoms with Crippen molar-refractivity contribution in [1.29, 1.82) is 5.41 Å². The fourth-order valence-electron chi connectivity index (χ4n) is 0.959. The first kappa shape index (κ1) is 9.18. The Bertz CT molecular complexity index is 349. The van der Waals surface area contributed by atoms with E-state index >= 15 is 0 Å². The van der Waals surface area contributed by atoms with Crippen LogP contribution < -0.4 is 5.73 Å². The van der Waals surface area contributed by atoms with Gasteiger partial charge in [0.2, 0.25) is 5.75 Å². The van der Waals surface area contributed by atoms with E-state index in [2.05, 4.69) is 0 Å². The average molecular weight is 182 g/mol. The largest absolute Gasteiger partial charge is 0.504 e. The first-order valence-electron chi connectivity index (χ1n) is 3.58. The summed E-state index contributed by atoms with van der Waals surface area (Å²) in [4.78, 5) is 0. The highest BCUT2D eigenvalue weighted by molar-refractivity contribution is 5.80. The van der Waals surface area contributed by atoms with Crippen LogP contribution in [0.2, 0.25) is 0 Å². The third kappa shape index (κ3) is 1.81. The molecule has 0 amide bonds. The third-order valence-corrected chi connectivity index (χ3v) is 1.59. The Kier molecular flexibility index (Phi) is 2.27. The summed E-state index contributed by atoms with van der Waals surface area (Å²) < 4.78 is 0. The zero-order valence-electron chi connectivity index (χ0n) is 6.78. The van der Waals surface area contributed by atoms with Crippen molar-refractivity contribution in [3.63, 3.8) is 0 Å². The average Bonchev–Trinajstić information content (AvgIpc) is 2.06. The van der Waals surface area contributed by atoms with Gasteiger partial charge in [0.25, 0.3) is 0 Å². The predicted octanol–water partition coefficient (Wildman–Crippen LogP) is 0.282. The molecule has 0 saturated carbocycles. The minimum absolute atomic E-state index is 0.0413. The van der Waals surface area contributed by atoms with Crippen molar-refractivity contribution in [2.75, 3.05) is 0 Å². The Morgan fingerprint density at radius 2 is 1.85 bits per heavy atom. The van der Waals surface area contributed by atoms with Crippen LogP contribution in [0.3, 0.4) is 0 Å². The second kappa shape index (κ2) is 3.22. The fourth-order valence-corrected chi connectivity index (χ4v) is 0.959. The molecule has 5 heteroatoms. The lowest BCUT2D eigenvalue weighted by Gasteiger charge is -2.06. The van der Waals surface area contributed by atoms with E-state index in [1.807, 2.05) is 0 Å². The zero-order valence-corrected chi connectivity index (χ0v) is 6.78. The van der Waals surface area contributed by atoms with Crippen molar-refractivity contribution < 1.29 is 15.3 Å². The molecule has 13 heavy (non-hydrogen) atoms. The standard InChI is InChI=1S/C8H10N2O3/c9-6(10)3-4-1-2-5(11)8(13)7(4)12/h1-2,11-13H,3H2,(H3,9,10). The summed E-state index contributed by atoms with van der Waals surface area (Å²) in [6, 6.07) is 2.62. The van der Waals surface area contributed by atoms with Crippen molar-refractivity contribution in [3.8, 4) is 17.2 Å². The lowest BCUT2D eigenvalue weighted by molar-refractivity contribution is 0.365. The van der Waals surface area contributed by atoms with Crippen LogP contribution in [0, 0.1) is 5.41 Å². The Morgan fingerprint density at radius 3 is 2.38 bits per heavy atom. The maximum Gasteiger partial charge on any atom is 0.200 e. The minimum atomic E-state index is -0.584. The molecule has 1 aromatic carbocycles. The van der Waals surface area contributed by atoms with E-state index in [4.69, 9.17) is 21.4 Å². The maximum absolute atomic E-state index is 9.27. The number of aromatic hydroxyl groups is 3. The molecule has 5 nitrogen and oxygen atoms in total. The maximum atomic E-state index is 9.27. The second-order valence-electron chi connectivity index (χ2n) is 2.64. The van der Waals surface area contributed by atoms with Crippen molar-refractivity contribution in [2.24, 2.45) is 5.73 Å². The Morgan fingerprint density at radius 1 is 1.23 bits per heavy atom. The number of phenols is 3. The molecular formula is C8H10N2O3. The van der Waals surface area contributed by atoms with Crippen LogP contribution in [-0.2, 0) is 6.42 Å². The van der Waals surface area contributed by atoms with Gasteiger partial charge in [-0.05, 0) is 6.07 Å². The molecule has 0 fully saturated rings. The van der Waals surface area contributed by atoms with Crippen LogP contribution in [0.25, 0.3) is 0 Å². The van der Waals surface area contributed by atoms with Crippen LogP contribution in [0.15, 0.2) is 12.1 Å². The van der Waals surface area contributed by atoms with Crippen molar-refractivity contribution in [2.45, 2.75) is 6.42 Å². The molecule has 0 unspecified atom stereocenters. The monoisotopic (exact) mass is 182 g/mol. The lowest BCUT2D eigenvalue weighted by atomic mass is 10.1. The normalized spacial score (nSPS) is 9.85. The van der Waals surface area contributed by atoms with Gasteiger partial charge in [-0.2, -0.15) is 0 Å². The summed E-state index contributed by atoms with van der Waals surface area (Å²) in [5, 5.41) is 34.3. The van der Waals surface area contributed by atoms with E-state index in [-0.39, 0.29) is 12.3 Å². The van der Waals surface area contributed by atoms with Crippen LogP contribution in [0.4, 0.5) is 0 Å². The number of phenolic OH excluding ortho intramolecular Hbond substituents is 3. The molecule has 0 saturated heterocycles. The molecule has 0 aromatic heterocycles. The fraction of sp³-hybridized carbons (Fsp3) is 0.125. The van der Waals surface area contributed by atoms with Crippen molar-refractivity contribution >= 4 is 5.84 Å². The van der Waals surface area contributed by atoms with Crippen LogP contribution in [-0.4, -0.2) is 21.2 Å². The number of hydrogen-bond donors (Lipinski definition) is 5. The SMILES string of the molecule is N=C(N)Cc1ccc(O)c(O)c1O. The lowest BCUT2D eigenvalue weighted by Crippen LogP contribution is -2.12. The van der Waals surface area contributed by atoms with Gasteiger partial charge in [-0.1, -0.05) is 6.07 Å². The van der Waals surface area contributed by atoms with Gasteiger partial charge in [0.05, 0.1) is 5.84 Å². The van der Waals surface area contributed by atoms with Crippen LogP contribution in [0.5, 0.6) is 17.2 Å². The third-order valence-electron chi connectivity index (χ3n) is 1.59. The molecule has 0 spiro atoms. The Labute approximate surface area is 74.6 Å². The van der Waals surface area contributed by atoms with Gasteiger partial charge in [-0.3, -0.25) is 5.41 Å². The Hall–Kier alpha value is -1.91. The van der Waals surface area contributed by atoms with Gasteiger partial charge in [0, 0.05) is 12.0 Å². The summed E-state index contributed by atoms with van der Waals surface area (Å²) in [6.45, 7) is 0. The molecule has 1 aromatic rings. The molecule has 6 N–H and O–H groups in total. The van der Waals surface area contributed by atoms with Gasteiger partial charge in [-0.15, -0.1) is 0 Å². The molecule has 0 radical (unpaired) electrons. The van der Waals surface area contributed by atoms with E-state index in [1.54, 1.807) is 0 Å². The van der Waals surface area contributed by atoms with Crippen molar-refractivity contribution in [1.82, 2.24) is 0 Å².